The van der Waals surface area contributed by atoms with Crippen molar-refractivity contribution in [2.75, 3.05) is 13.1 Å². The Hall–Kier alpha value is -1.07. The minimum atomic E-state index is 0.230. The van der Waals surface area contributed by atoms with Crippen molar-refractivity contribution in [3.05, 3.63) is 16.4 Å². The number of nitrogens with two attached hydrogens (primary N) is 1. The number of nitrogens with one attached hydrogen (secondary N) is 1. The van der Waals surface area contributed by atoms with Crippen LogP contribution in [0, 0.1) is 11.3 Å². The van der Waals surface area contributed by atoms with Gasteiger partial charge in [0.05, 0.1) is 22.2 Å². The maximum absolute atomic E-state index is 7.41. The summed E-state index contributed by atoms with van der Waals surface area (Å²) in [6.45, 7) is 11.8. The molecule has 6 heteroatoms. The monoisotopic (exact) mass is 313 g/mol. The van der Waals surface area contributed by atoms with E-state index in [0.29, 0.717) is 12.3 Å². The Bertz CT molecular complexity index is 467. The van der Waals surface area contributed by atoms with E-state index in [2.05, 4.69) is 37.7 Å². The maximum atomic E-state index is 7.41. The van der Waals surface area contributed by atoms with Gasteiger partial charge in [0.2, 0.25) is 0 Å². The van der Waals surface area contributed by atoms with Crippen molar-refractivity contribution in [1.82, 2.24) is 14.7 Å². The van der Waals surface area contributed by atoms with Crippen molar-refractivity contribution in [2.24, 2.45) is 11.7 Å². The predicted molar refractivity (Wildman–Crippen MR) is 88.9 cm³/mol. The second-order valence-corrected chi connectivity index (χ2v) is 6.16. The third-order valence-electron chi connectivity index (χ3n) is 3.39. The summed E-state index contributed by atoms with van der Waals surface area (Å²) >= 11 is 6.47. The molecule has 1 heterocycles. The highest BCUT2D eigenvalue weighted by molar-refractivity contribution is 6.31. The van der Waals surface area contributed by atoms with Crippen LogP contribution in [0.4, 0.5) is 0 Å². The molecule has 1 aromatic heterocycles. The molecule has 21 heavy (non-hydrogen) atoms. The molecule has 0 saturated carbocycles. The second kappa shape index (κ2) is 8.39. The number of hydrogen-bond donors (Lipinski definition) is 2. The van der Waals surface area contributed by atoms with E-state index in [-0.39, 0.29) is 5.84 Å². The van der Waals surface area contributed by atoms with Gasteiger partial charge < -0.3 is 5.73 Å². The highest BCUT2D eigenvalue weighted by Crippen LogP contribution is 2.23. The highest BCUT2D eigenvalue weighted by Gasteiger charge is 2.18. The van der Waals surface area contributed by atoms with E-state index in [0.717, 1.165) is 49.0 Å². The fraction of sp³-hybridized carbons (Fsp3) is 0.733. The van der Waals surface area contributed by atoms with Crippen molar-refractivity contribution in [2.45, 2.75) is 53.6 Å². The Labute approximate surface area is 133 Å². The highest BCUT2D eigenvalue weighted by atomic mass is 35.5. The first-order valence-corrected chi connectivity index (χ1v) is 8.06. The van der Waals surface area contributed by atoms with E-state index < -0.39 is 0 Å². The molecule has 3 N–H and O–H groups in total. The van der Waals surface area contributed by atoms with E-state index >= 15 is 0 Å². The van der Waals surface area contributed by atoms with Crippen molar-refractivity contribution < 1.29 is 0 Å². The maximum Gasteiger partial charge on any atom is 0.0918 e. The topological polar surface area (TPSA) is 70.9 Å². The Balaban J connectivity index is 2.90. The second-order valence-electron chi connectivity index (χ2n) is 5.78. The third-order valence-corrected chi connectivity index (χ3v) is 3.82. The van der Waals surface area contributed by atoms with Crippen LogP contribution < -0.4 is 5.73 Å². The molecule has 0 radical (unpaired) electrons. The van der Waals surface area contributed by atoms with Crippen LogP contribution >= 0.6 is 11.6 Å². The number of aromatic nitrogens is 2. The van der Waals surface area contributed by atoms with E-state index in [1.165, 1.54) is 0 Å². The first-order valence-electron chi connectivity index (χ1n) is 7.68. The van der Waals surface area contributed by atoms with Crippen LogP contribution in [-0.4, -0.2) is 33.6 Å². The first kappa shape index (κ1) is 18.0. The molecule has 5 nitrogen and oxygen atoms in total. The quantitative estimate of drug-likeness (QED) is 0.544. The summed E-state index contributed by atoms with van der Waals surface area (Å²) in [6, 6.07) is 0. The van der Waals surface area contributed by atoms with Gasteiger partial charge in [-0.15, -0.1) is 0 Å². The summed E-state index contributed by atoms with van der Waals surface area (Å²) in [4.78, 5) is 2.31. The van der Waals surface area contributed by atoms with Crippen molar-refractivity contribution in [1.29, 1.82) is 5.41 Å². The summed E-state index contributed by atoms with van der Waals surface area (Å²) in [6.07, 6.45) is 1.43. The average Bonchev–Trinajstić information content (AvgIpc) is 2.72. The lowest BCUT2D eigenvalue weighted by Crippen LogP contribution is -2.31. The summed E-state index contributed by atoms with van der Waals surface area (Å²) in [5.41, 5.74) is 7.52. The number of halogens is 1. The molecule has 0 aromatic carbocycles. The van der Waals surface area contributed by atoms with Crippen LogP contribution in [0.25, 0.3) is 0 Å². The Morgan fingerprint density at radius 2 is 2.10 bits per heavy atom. The van der Waals surface area contributed by atoms with Crippen LogP contribution in [0.5, 0.6) is 0 Å². The molecule has 0 aliphatic rings. The number of nitrogens with zero attached hydrogens (tertiary/aromatic N) is 3. The fourth-order valence-corrected chi connectivity index (χ4v) is 2.74. The molecule has 0 aliphatic carbocycles. The summed E-state index contributed by atoms with van der Waals surface area (Å²) < 4.78 is 1.99. The molecule has 0 unspecified atom stereocenters. The van der Waals surface area contributed by atoms with Crippen molar-refractivity contribution >= 4 is 17.4 Å². The van der Waals surface area contributed by atoms with Crippen LogP contribution in [0.2, 0.25) is 5.02 Å². The lowest BCUT2D eigenvalue weighted by atomic mass is 10.2. The molecular weight excluding hydrogens is 286 g/mol. The molecule has 120 valence electrons. The summed E-state index contributed by atoms with van der Waals surface area (Å²) in [7, 11) is 0. The fourth-order valence-electron chi connectivity index (χ4n) is 2.41. The zero-order chi connectivity index (χ0) is 16.0. The van der Waals surface area contributed by atoms with Gasteiger partial charge in [0.15, 0.2) is 0 Å². The predicted octanol–water partition coefficient (Wildman–Crippen LogP) is 2.90. The van der Waals surface area contributed by atoms with Crippen LogP contribution in [0.15, 0.2) is 0 Å². The van der Waals surface area contributed by atoms with Gasteiger partial charge in [0.1, 0.15) is 0 Å². The Morgan fingerprint density at radius 3 is 2.57 bits per heavy atom. The standard InChI is InChI=1S/C15H28ClN5/c1-5-12-15(16)13(21(6-2)19-12)10-20(9-11(3)4)8-7-14(17)18/h11H,5-10H2,1-4H3,(H3,17,18). The van der Waals surface area contributed by atoms with Gasteiger partial charge in [0.25, 0.3) is 0 Å². The molecular formula is C15H28ClN5. The SMILES string of the molecule is CCc1nn(CC)c(CN(CCC(=N)N)CC(C)C)c1Cl. The van der Waals surface area contributed by atoms with Crippen LogP contribution in [-0.2, 0) is 19.5 Å². The number of aryl methyl sites for hydroxylation is 2. The third kappa shape index (κ3) is 5.32. The zero-order valence-electron chi connectivity index (χ0n) is 13.6. The molecule has 1 aromatic rings. The van der Waals surface area contributed by atoms with E-state index in [4.69, 9.17) is 22.7 Å². The van der Waals surface area contributed by atoms with Gasteiger partial charge in [-0.2, -0.15) is 5.10 Å². The number of rotatable bonds is 9. The van der Waals surface area contributed by atoms with Gasteiger partial charge in [-0.1, -0.05) is 32.4 Å². The minimum absolute atomic E-state index is 0.230. The molecule has 0 spiro atoms. The molecule has 0 bridgehead atoms. The smallest absolute Gasteiger partial charge is 0.0918 e. The van der Waals surface area contributed by atoms with E-state index in [9.17, 15) is 0 Å². The lowest BCUT2D eigenvalue weighted by Gasteiger charge is -2.24. The zero-order valence-corrected chi connectivity index (χ0v) is 14.4. The molecule has 0 saturated heterocycles. The number of hydrogen-bond acceptors (Lipinski definition) is 3. The normalized spacial score (nSPS) is 11.6. The van der Waals surface area contributed by atoms with Crippen molar-refractivity contribution in [3.63, 3.8) is 0 Å². The average molecular weight is 314 g/mol. The van der Waals surface area contributed by atoms with Crippen LogP contribution in [0.3, 0.4) is 0 Å². The summed E-state index contributed by atoms with van der Waals surface area (Å²) in [5.74, 6) is 0.785. The lowest BCUT2D eigenvalue weighted by molar-refractivity contribution is 0.235. The van der Waals surface area contributed by atoms with E-state index in [1.54, 1.807) is 0 Å². The molecule has 0 aliphatic heterocycles. The molecule has 0 amide bonds. The van der Waals surface area contributed by atoms with Gasteiger partial charge in [0, 0.05) is 32.6 Å². The minimum Gasteiger partial charge on any atom is -0.388 e. The largest absolute Gasteiger partial charge is 0.388 e. The Morgan fingerprint density at radius 1 is 1.43 bits per heavy atom. The van der Waals surface area contributed by atoms with Crippen molar-refractivity contribution in [3.8, 4) is 0 Å². The molecule has 0 fully saturated rings. The van der Waals surface area contributed by atoms with Gasteiger partial charge in [-0.25, -0.2) is 0 Å². The number of amidine groups is 1. The molecule has 0 atom stereocenters. The van der Waals surface area contributed by atoms with Gasteiger partial charge in [-0.05, 0) is 19.3 Å². The van der Waals surface area contributed by atoms with Gasteiger partial charge >= 0.3 is 0 Å². The molecule has 1 rings (SSSR count). The van der Waals surface area contributed by atoms with E-state index in [1.807, 2.05) is 4.68 Å². The Kier molecular flexibility index (Phi) is 7.18. The van der Waals surface area contributed by atoms with Gasteiger partial charge in [-0.3, -0.25) is 15.0 Å². The summed E-state index contributed by atoms with van der Waals surface area (Å²) in [5, 5.41) is 12.8. The first-order chi connectivity index (χ1) is 9.88. The van der Waals surface area contributed by atoms with Crippen LogP contribution in [0.1, 0.15) is 45.5 Å².